The lowest BCUT2D eigenvalue weighted by atomic mass is 10.0. The van der Waals surface area contributed by atoms with Gasteiger partial charge >= 0.3 is 12.1 Å². The molecule has 0 aromatic heterocycles. The molecule has 10 N–H and O–H groups in total. The third kappa shape index (κ3) is 47.0. The normalized spacial score (nSPS) is 11.5. The van der Waals surface area contributed by atoms with Gasteiger partial charge in [0.15, 0.2) is 5.96 Å². The van der Waals surface area contributed by atoms with E-state index in [1.165, 1.54) is 141 Å². The number of carboxylic acid groups (broad SMARTS) is 1. The zero-order valence-electron chi connectivity index (χ0n) is 42.3. The summed E-state index contributed by atoms with van der Waals surface area (Å²) in [6.45, 7) is 6.56. The molecule has 18 heteroatoms. The van der Waals surface area contributed by atoms with Gasteiger partial charge in [-0.3, -0.25) is 29.0 Å². The number of carbonyl (C=O) groups is 6. The molecule has 0 aromatic carbocycles. The second-order valence-corrected chi connectivity index (χ2v) is 18.0. The number of nitrogens with zero attached hydrogens (tertiary/aromatic N) is 2. The van der Waals surface area contributed by atoms with E-state index in [4.69, 9.17) is 27.1 Å². The van der Waals surface area contributed by atoms with E-state index >= 15 is 0 Å². The highest BCUT2D eigenvalue weighted by Gasteiger charge is 2.38. The maximum atomic E-state index is 13.3. The van der Waals surface area contributed by atoms with E-state index in [-0.39, 0.29) is 42.9 Å². The Balaban J connectivity index is 0. The Morgan fingerprint density at radius 3 is 1.19 bits per heavy atom. The number of alkyl halides is 3. The molecule has 15 nitrogen and oxygen atoms in total. The Bertz CT molecular complexity index is 1290. The fraction of sp³-hybridized carbons (Fsp3) is 0.860. The third-order valence-electron chi connectivity index (χ3n) is 11.7. The Kier molecular flexibility index (Phi) is 45.2. The number of aliphatic carboxylic acids is 1. The minimum absolute atomic E-state index is 0.0335. The van der Waals surface area contributed by atoms with Crippen LogP contribution in [0.3, 0.4) is 0 Å². The van der Waals surface area contributed by atoms with Crippen molar-refractivity contribution in [3.05, 3.63) is 0 Å². The van der Waals surface area contributed by atoms with Crippen LogP contribution in [0.25, 0.3) is 0 Å². The molecular formula is C50H95F3N8O7. The first-order valence-electron chi connectivity index (χ1n) is 26.3. The maximum absolute atomic E-state index is 13.3. The Morgan fingerprint density at radius 1 is 0.515 bits per heavy atom. The molecule has 0 rings (SSSR count). The molecule has 0 saturated carbocycles. The largest absolute Gasteiger partial charge is 0.490 e. The SMILES string of the molecule is CCCCCCCCCCCCCCCC(=O)NCCCN(CCCNC(=O)CCCCCCCCCCCCCCC)C(=O)CCC(=O)N[C@@H](CCCN=C(N)N)C(N)=O.O=C(O)C(F)(F)F. The number of hydrogen-bond acceptors (Lipinski definition) is 7. The highest BCUT2D eigenvalue weighted by molar-refractivity contribution is 5.88. The summed E-state index contributed by atoms with van der Waals surface area (Å²) in [6, 6.07) is -0.889. The average molecular weight is 977 g/mol. The van der Waals surface area contributed by atoms with Crippen molar-refractivity contribution in [2.45, 2.75) is 244 Å². The quantitative estimate of drug-likeness (QED) is 0.0174. The Hall–Kier alpha value is -4.12. The van der Waals surface area contributed by atoms with Crippen molar-refractivity contribution in [3.63, 3.8) is 0 Å². The number of primary amides is 1. The number of hydrogen-bond donors (Lipinski definition) is 7. The number of nitrogens with one attached hydrogen (secondary N) is 3. The molecule has 0 radical (unpaired) electrons. The number of carboxylic acids is 1. The first-order valence-corrected chi connectivity index (χ1v) is 26.3. The van der Waals surface area contributed by atoms with Crippen LogP contribution in [-0.2, 0) is 28.8 Å². The lowest BCUT2D eigenvalue weighted by Crippen LogP contribution is -2.45. The first kappa shape index (κ1) is 66.0. The molecule has 0 aromatic rings. The number of guanidine groups is 1. The van der Waals surface area contributed by atoms with Crippen LogP contribution in [-0.4, -0.2) is 96.4 Å². The van der Waals surface area contributed by atoms with Gasteiger partial charge in [-0.2, -0.15) is 13.2 Å². The number of halogens is 3. The van der Waals surface area contributed by atoms with Crippen molar-refractivity contribution in [1.82, 2.24) is 20.9 Å². The van der Waals surface area contributed by atoms with Gasteiger partial charge in [-0.05, 0) is 38.5 Å². The molecule has 398 valence electrons. The molecule has 0 bridgehead atoms. The molecule has 0 aliphatic rings. The van der Waals surface area contributed by atoms with Crippen LogP contribution in [0.5, 0.6) is 0 Å². The lowest BCUT2D eigenvalue weighted by molar-refractivity contribution is -0.192. The Labute approximate surface area is 407 Å². The molecule has 0 saturated heterocycles. The zero-order chi connectivity index (χ0) is 51.1. The second kappa shape index (κ2) is 46.6. The second-order valence-electron chi connectivity index (χ2n) is 18.0. The molecular weight excluding hydrogens is 882 g/mol. The van der Waals surface area contributed by atoms with Gasteiger partial charge in [-0.1, -0.05) is 168 Å². The summed E-state index contributed by atoms with van der Waals surface area (Å²) in [5.74, 6) is -4.06. The minimum Gasteiger partial charge on any atom is -0.475 e. The summed E-state index contributed by atoms with van der Waals surface area (Å²) >= 11 is 0. The van der Waals surface area contributed by atoms with Crippen molar-refractivity contribution < 1.29 is 47.0 Å². The monoisotopic (exact) mass is 977 g/mol. The molecule has 5 amide bonds. The molecule has 0 fully saturated rings. The maximum Gasteiger partial charge on any atom is 0.490 e. The fourth-order valence-corrected chi connectivity index (χ4v) is 7.57. The van der Waals surface area contributed by atoms with Crippen LogP contribution in [0.2, 0.25) is 0 Å². The number of carbonyl (C=O) groups excluding carboxylic acids is 5. The van der Waals surface area contributed by atoms with Crippen molar-refractivity contribution >= 4 is 41.5 Å². The van der Waals surface area contributed by atoms with Gasteiger partial charge < -0.3 is 43.2 Å². The lowest BCUT2D eigenvalue weighted by Gasteiger charge is -2.23. The van der Waals surface area contributed by atoms with Crippen LogP contribution in [0.1, 0.15) is 232 Å². The van der Waals surface area contributed by atoms with Gasteiger partial charge in [0.1, 0.15) is 6.04 Å². The van der Waals surface area contributed by atoms with Crippen molar-refractivity contribution in [2.24, 2.45) is 22.2 Å². The van der Waals surface area contributed by atoms with E-state index in [1.807, 2.05) is 0 Å². The van der Waals surface area contributed by atoms with E-state index in [0.717, 1.165) is 25.7 Å². The van der Waals surface area contributed by atoms with E-state index in [9.17, 15) is 37.1 Å². The summed E-state index contributed by atoms with van der Waals surface area (Å²) in [6.07, 6.45) is 30.5. The van der Waals surface area contributed by atoms with Gasteiger partial charge in [-0.25, -0.2) is 4.79 Å². The topological polar surface area (TPSA) is 252 Å². The standard InChI is InChI=1S/C48H94N8O5.C2HF3O2/c1-3-5-7-9-11-13-15-17-19-21-23-25-27-33-43(57)52-38-30-40-56(46(60)36-35-45(59)55-42(47(49)61)32-29-37-54-48(50)51)41-31-39-53-44(58)34-28-26-24-22-20-18-16-14-12-10-8-6-4-2;3-2(4,5)1(6)7/h42H,3-41H2,1-2H3,(H2,49,61)(H,52,57)(H,53,58)(H,55,59)(H4,50,51,54);(H,6,7)/t42-;/m0./s1. The van der Waals surface area contributed by atoms with Gasteiger partial charge in [0, 0.05) is 58.4 Å². The zero-order valence-corrected chi connectivity index (χ0v) is 42.3. The van der Waals surface area contributed by atoms with Crippen LogP contribution in [0.15, 0.2) is 4.99 Å². The number of rotatable bonds is 45. The summed E-state index contributed by atoms with van der Waals surface area (Å²) in [5.41, 5.74) is 16.2. The van der Waals surface area contributed by atoms with E-state index in [2.05, 4.69) is 34.8 Å². The molecule has 1 atom stereocenters. The number of unbranched alkanes of at least 4 members (excludes halogenated alkanes) is 24. The van der Waals surface area contributed by atoms with E-state index in [1.54, 1.807) is 4.90 Å². The van der Waals surface area contributed by atoms with Crippen molar-refractivity contribution in [3.8, 4) is 0 Å². The summed E-state index contributed by atoms with van der Waals surface area (Å²) in [4.78, 5) is 77.5. The van der Waals surface area contributed by atoms with Crippen LogP contribution >= 0.6 is 0 Å². The summed E-state index contributed by atoms with van der Waals surface area (Å²) < 4.78 is 31.7. The van der Waals surface area contributed by atoms with Crippen LogP contribution in [0, 0.1) is 0 Å². The molecule has 0 spiro atoms. The van der Waals surface area contributed by atoms with E-state index in [0.29, 0.717) is 64.8 Å². The number of nitrogens with two attached hydrogens (primary N) is 3. The molecule has 68 heavy (non-hydrogen) atoms. The third-order valence-corrected chi connectivity index (χ3v) is 11.7. The van der Waals surface area contributed by atoms with Gasteiger partial charge in [-0.15, -0.1) is 0 Å². The van der Waals surface area contributed by atoms with Crippen LogP contribution in [0.4, 0.5) is 13.2 Å². The molecule has 0 heterocycles. The summed E-state index contributed by atoms with van der Waals surface area (Å²) in [5, 5.41) is 15.8. The first-order chi connectivity index (χ1) is 32.5. The van der Waals surface area contributed by atoms with Gasteiger partial charge in [0.2, 0.25) is 29.5 Å². The molecule has 0 aliphatic carbocycles. The minimum atomic E-state index is -5.08. The van der Waals surface area contributed by atoms with Gasteiger partial charge in [0.25, 0.3) is 0 Å². The van der Waals surface area contributed by atoms with Crippen molar-refractivity contribution in [2.75, 3.05) is 32.7 Å². The van der Waals surface area contributed by atoms with Gasteiger partial charge in [0.05, 0.1) is 0 Å². The highest BCUT2D eigenvalue weighted by Crippen LogP contribution is 2.15. The molecule has 0 aliphatic heterocycles. The molecule has 0 unspecified atom stereocenters. The van der Waals surface area contributed by atoms with E-state index < -0.39 is 30.0 Å². The predicted molar refractivity (Wildman–Crippen MR) is 266 cm³/mol. The van der Waals surface area contributed by atoms with Crippen LogP contribution < -0.4 is 33.2 Å². The fourth-order valence-electron chi connectivity index (χ4n) is 7.57. The Morgan fingerprint density at radius 2 is 0.868 bits per heavy atom. The highest BCUT2D eigenvalue weighted by atomic mass is 19.4. The van der Waals surface area contributed by atoms with Crippen molar-refractivity contribution in [1.29, 1.82) is 0 Å². The summed E-state index contributed by atoms with van der Waals surface area (Å²) in [7, 11) is 0. The predicted octanol–water partition coefficient (Wildman–Crippen LogP) is 9.23. The number of amides is 5. The smallest absolute Gasteiger partial charge is 0.475 e. The number of aliphatic imine (C=N–C) groups is 1. The average Bonchev–Trinajstić information content (AvgIpc) is 3.28.